The molecular weight excluding hydrogens is 376 g/mol. The molecule has 0 spiro atoms. The zero-order valence-corrected chi connectivity index (χ0v) is 19.0. The number of aliphatic imine (C=N–C) groups is 1. The van der Waals surface area contributed by atoms with Gasteiger partial charge in [0.2, 0.25) is 0 Å². The van der Waals surface area contributed by atoms with Gasteiger partial charge in [0.05, 0.1) is 11.4 Å². The van der Waals surface area contributed by atoms with E-state index in [9.17, 15) is 0 Å². The lowest BCUT2D eigenvalue weighted by Crippen LogP contribution is -2.31. The number of nitrogens with zero attached hydrogens (tertiary/aromatic N) is 1. The Hall–Kier alpha value is -3.13. The summed E-state index contributed by atoms with van der Waals surface area (Å²) in [4.78, 5) is 5.07. The number of rotatable bonds is 6. The molecule has 0 radical (unpaired) electrons. The van der Waals surface area contributed by atoms with Gasteiger partial charge >= 0.3 is 0 Å². The second-order valence-corrected chi connectivity index (χ2v) is 8.78. The maximum absolute atomic E-state index is 5.07. The SMILES string of the molecule is C=C\C=C/C=C(C)/C(C)=C/C(C)=NC1=CC2CC2C2=C1N[C@H](C)C=C2c1ccccc1. The van der Waals surface area contributed by atoms with E-state index in [0.29, 0.717) is 11.8 Å². The van der Waals surface area contributed by atoms with E-state index >= 15 is 0 Å². The third kappa shape index (κ3) is 4.64. The number of hydrogen-bond acceptors (Lipinski definition) is 2. The monoisotopic (exact) mass is 408 g/mol. The predicted molar refractivity (Wildman–Crippen MR) is 134 cm³/mol. The van der Waals surface area contributed by atoms with Gasteiger partial charge in [0.25, 0.3) is 0 Å². The molecule has 2 heteroatoms. The van der Waals surface area contributed by atoms with Crippen molar-refractivity contribution in [3.63, 3.8) is 0 Å². The minimum Gasteiger partial charge on any atom is -0.377 e. The second kappa shape index (κ2) is 8.93. The lowest BCUT2D eigenvalue weighted by molar-refractivity contribution is 0.692. The summed E-state index contributed by atoms with van der Waals surface area (Å²) in [5.41, 5.74) is 9.93. The molecule has 0 amide bonds. The normalized spacial score (nSPS) is 26.1. The lowest BCUT2D eigenvalue weighted by atomic mass is 9.85. The molecule has 2 nitrogen and oxygen atoms in total. The average molecular weight is 409 g/mol. The summed E-state index contributed by atoms with van der Waals surface area (Å²) in [6.45, 7) is 12.3. The molecule has 1 saturated carbocycles. The maximum Gasteiger partial charge on any atom is 0.0830 e. The highest BCUT2D eigenvalue weighted by Gasteiger charge is 2.46. The van der Waals surface area contributed by atoms with Crippen molar-refractivity contribution < 1.29 is 0 Å². The summed E-state index contributed by atoms with van der Waals surface area (Å²) >= 11 is 0. The van der Waals surface area contributed by atoms with E-state index < -0.39 is 0 Å². The molecule has 0 aromatic heterocycles. The summed E-state index contributed by atoms with van der Waals surface area (Å²) in [6.07, 6.45) is 16.0. The fourth-order valence-corrected chi connectivity index (χ4v) is 4.46. The molecule has 1 aromatic carbocycles. The third-order valence-corrected chi connectivity index (χ3v) is 6.21. The van der Waals surface area contributed by atoms with Crippen molar-refractivity contribution in [2.24, 2.45) is 16.8 Å². The van der Waals surface area contributed by atoms with Crippen LogP contribution in [-0.4, -0.2) is 11.8 Å². The standard InChI is InChI=1S/C29H32N2/c1-6-7-9-12-19(2)20(3)15-21(4)30-27-18-24-17-26(24)28-25(16-22(5)31-29(27)28)23-13-10-8-11-14-23/h6-16,18,22,24,26,31H,1,17H2,2-5H3/b9-7-,19-12+,20-15+,30-21?/t22-,24?,26?/m1/s1. The molecule has 158 valence electrons. The number of nitrogens with one attached hydrogen (secondary N) is 1. The topological polar surface area (TPSA) is 24.4 Å². The van der Waals surface area contributed by atoms with Crippen LogP contribution in [0.1, 0.15) is 39.7 Å². The molecule has 4 rings (SSSR count). The summed E-state index contributed by atoms with van der Waals surface area (Å²) < 4.78 is 0. The van der Waals surface area contributed by atoms with Crippen LogP contribution in [0.3, 0.4) is 0 Å². The Bertz CT molecular complexity index is 1090. The number of benzene rings is 1. The van der Waals surface area contributed by atoms with Crippen LogP contribution in [0.15, 0.2) is 113 Å². The fourth-order valence-electron chi connectivity index (χ4n) is 4.46. The third-order valence-electron chi connectivity index (χ3n) is 6.21. The first-order valence-corrected chi connectivity index (χ1v) is 11.2. The highest BCUT2D eigenvalue weighted by Crippen LogP contribution is 2.55. The van der Waals surface area contributed by atoms with Gasteiger partial charge in [0, 0.05) is 11.8 Å². The molecule has 0 saturated heterocycles. The van der Waals surface area contributed by atoms with Gasteiger partial charge in [-0.15, -0.1) is 0 Å². The Kier molecular flexibility index (Phi) is 6.08. The van der Waals surface area contributed by atoms with Gasteiger partial charge in [-0.1, -0.05) is 73.4 Å². The summed E-state index contributed by atoms with van der Waals surface area (Å²) in [5.74, 6) is 1.24. The van der Waals surface area contributed by atoms with Crippen LogP contribution in [0.2, 0.25) is 0 Å². The number of hydrogen-bond donors (Lipinski definition) is 1. The zero-order valence-electron chi connectivity index (χ0n) is 19.0. The Morgan fingerprint density at radius 2 is 1.84 bits per heavy atom. The Morgan fingerprint density at radius 3 is 2.58 bits per heavy atom. The van der Waals surface area contributed by atoms with Crippen molar-refractivity contribution >= 4 is 11.3 Å². The molecule has 1 heterocycles. The van der Waals surface area contributed by atoms with Gasteiger partial charge in [-0.05, 0) is 79.9 Å². The molecule has 0 bridgehead atoms. The van der Waals surface area contributed by atoms with Crippen molar-refractivity contribution in [3.05, 3.63) is 113 Å². The maximum atomic E-state index is 5.07. The smallest absolute Gasteiger partial charge is 0.0830 e. The van der Waals surface area contributed by atoms with Crippen LogP contribution in [0, 0.1) is 11.8 Å². The number of allylic oxidation sites excluding steroid dienone is 10. The molecule has 31 heavy (non-hydrogen) atoms. The van der Waals surface area contributed by atoms with Gasteiger partial charge in [-0.25, -0.2) is 0 Å². The predicted octanol–water partition coefficient (Wildman–Crippen LogP) is 6.95. The number of fused-ring (bicyclic) bond motifs is 2. The van der Waals surface area contributed by atoms with Crippen molar-refractivity contribution in [2.75, 3.05) is 0 Å². The molecule has 3 atom stereocenters. The second-order valence-electron chi connectivity index (χ2n) is 8.78. The van der Waals surface area contributed by atoms with E-state index in [-0.39, 0.29) is 6.04 Å². The van der Waals surface area contributed by atoms with E-state index in [1.807, 2.05) is 12.2 Å². The van der Waals surface area contributed by atoms with Crippen molar-refractivity contribution in [3.8, 4) is 0 Å². The van der Waals surface area contributed by atoms with Gasteiger partial charge in [0.15, 0.2) is 0 Å². The molecule has 1 fully saturated rings. The van der Waals surface area contributed by atoms with Crippen LogP contribution >= 0.6 is 0 Å². The summed E-state index contributed by atoms with van der Waals surface area (Å²) in [5, 5.41) is 3.72. The van der Waals surface area contributed by atoms with Crippen molar-refractivity contribution in [2.45, 2.75) is 40.2 Å². The number of dihydropyridines is 1. The summed E-state index contributed by atoms with van der Waals surface area (Å²) in [6, 6.07) is 11.1. The van der Waals surface area contributed by atoms with E-state index in [2.05, 4.69) is 94.2 Å². The molecule has 2 unspecified atom stereocenters. The van der Waals surface area contributed by atoms with Gasteiger partial charge in [0.1, 0.15) is 0 Å². The first-order chi connectivity index (χ1) is 15.0. The highest BCUT2D eigenvalue weighted by atomic mass is 15.0. The van der Waals surface area contributed by atoms with Gasteiger partial charge in [-0.2, -0.15) is 0 Å². The largest absolute Gasteiger partial charge is 0.377 e. The van der Waals surface area contributed by atoms with Crippen LogP contribution in [-0.2, 0) is 0 Å². The van der Waals surface area contributed by atoms with E-state index in [1.165, 1.54) is 40.0 Å². The fraction of sp³-hybridized carbons (Fsp3) is 0.276. The highest BCUT2D eigenvalue weighted by molar-refractivity contribution is 5.95. The molecule has 1 aliphatic heterocycles. The average Bonchev–Trinajstić information content (AvgIpc) is 3.53. The minimum atomic E-state index is 0.280. The first-order valence-electron chi connectivity index (χ1n) is 11.2. The van der Waals surface area contributed by atoms with Crippen molar-refractivity contribution in [1.29, 1.82) is 0 Å². The van der Waals surface area contributed by atoms with Crippen LogP contribution in [0.4, 0.5) is 0 Å². The Labute approximate surface area is 186 Å². The lowest BCUT2D eigenvalue weighted by Gasteiger charge is -2.30. The molecular formula is C29H32N2. The van der Waals surface area contributed by atoms with Crippen LogP contribution < -0.4 is 5.32 Å². The van der Waals surface area contributed by atoms with E-state index in [4.69, 9.17) is 4.99 Å². The molecule has 2 aliphatic carbocycles. The zero-order chi connectivity index (χ0) is 22.0. The summed E-state index contributed by atoms with van der Waals surface area (Å²) in [7, 11) is 0. The van der Waals surface area contributed by atoms with Gasteiger partial charge < -0.3 is 5.32 Å². The van der Waals surface area contributed by atoms with Crippen LogP contribution in [0.5, 0.6) is 0 Å². The Morgan fingerprint density at radius 1 is 1.06 bits per heavy atom. The first kappa shape index (κ1) is 21.1. The van der Waals surface area contributed by atoms with Gasteiger partial charge in [-0.3, -0.25) is 4.99 Å². The van der Waals surface area contributed by atoms with E-state index in [1.54, 1.807) is 6.08 Å². The van der Waals surface area contributed by atoms with E-state index in [0.717, 1.165) is 11.4 Å². The quantitative estimate of drug-likeness (QED) is 0.400. The molecule has 3 aliphatic rings. The van der Waals surface area contributed by atoms with Crippen LogP contribution in [0.25, 0.3) is 5.57 Å². The van der Waals surface area contributed by atoms with Crippen molar-refractivity contribution in [1.82, 2.24) is 5.32 Å². The minimum absolute atomic E-state index is 0.280. The molecule has 1 N–H and O–H groups in total. The molecule has 1 aromatic rings. The Balaban J connectivity index is 1.67.